The lowest BCUT2D eigenvalue weighted by Gasteiger charge is -2.21. The van der Waals surface area contributed by atoms with Gasteiger partial charge in [0.1, 0.15) is 12.4 Å². The molecule has 1 aliphatic heterocycles. The Kier molecular flexibility index (Phi) is 2.72. The van der Waals surface area contributed by atoms with Crippen LogP contribution in [0.3, 0.4) is 0 Å². The first-order valence-electron chi connectivity index (χ1n) is 4.53. The number of hydrogen-bond acceptors (Lipinski definition) is 4. The Balaban J connectivity index is 2.11. The topological polar surface area (TPSA) is 61.0 Å². The summed E-state index contributed by atoms with van der Waals surface area (Å²) in [6, 6.07) is 0.352. The molecule has 0 radical (unpaired) electrons. The number of rotatable bonds is 2. The van der Waals surface area contributed by atoms with E-state index in [1.165, 1.54) is 12.4 Å². The van der Waals surface area contributed by atoms with Crippen LogP contribution in [0.5, 0.6) is 0 Å². The van der Waals surface area contributed by atoms with Crippen LogP contribution < -0.4 is 0 Å². The van der Waals surface area contributed by atoms with Crippen molar-refractivity contribution in [1.82, 2.24) is 9.78 Å². The van der Waals surface area contributed by atoms with Gasteiger partial charge in [-0.2, -0.15) is 16.9 Å². The number of aromatic nitrogens is 2. The Labute approximate surface area is 85.6 Å². The van der Waals surface area contributed by atoms with Gasteiger partial charge in [-0.3, -0.25) is 14.8 Å². The van der Waals surface area contributed by atoms with Crippen molar-refractivity contribution in [3.05, 3.63) is 22.5 Å². The van der Waals surface area contributed by atoms with Gasteiger partial charge in [-0.1, -0.05) is 0 Å². The summed E-state index contributed by atoms with van der Waals surface area (Å²) in [4.78, 5) is 10.0. The predicted octanol–water partition coefficient (Wildman–Crippen LogP) is 1.86. The standard InChI is InChI=1S/C8H11N3O2S/c12-11(13)8-5-9-10(6-8)7-1-3-14-4-2-7/h5-7H,1-4H2. The summed E-state index contributed by atoms with van der Waals surface area (Å²) in [6.07, 6.45) is 4.97. The molecule has 1 saturated heterocycles. The first kappa shape index (κ1) is 9.51. The van der Waals surface area contributed by atoms with E-state index in [1.807, 2.05) is 11.8 Å². The maximum absolute atomic E-state index is 10.4. The van der Waals surface area contributed by atoms with Crippen LogP contribution in [0.4, 0.5) is 5.69 Å². The molecule has 1 aliphatic rings. The van der Waals surface area contributed by atoms with Crippen LogP contribution >= 0.6 is 11.8 Å². The summed E-state index contributed by atoms with van der Waals surface area (Å²) in [6.45, 7) is 0. The monoisotopic (exact) mass is 213 g/mol. The second-order valence-corrected chi connectivity index (χ2v) is 4.50. The molecule has 1 fully saturated rings. The fraction of sp³-hybridized carbons (Fsp3) is 0.625. The van der Waals surface area contributed by atoms with Crippen molar-refractivity contribution in [2.45, 2.75) is 18.9 Å². The van der Waals surface area contributed by atoms with Crippen LogP contribution in [-0.2, 0) is 0 Å². The molecule has 0 bridgehead atoms. The van der Waals surface area contributed by atoms with Gasteiger partial charge in [-0.25, -0.2) is 0 Å². The Morgan fingerprint density at radius 2 is 2.29 bits per heavy atom. The third-order valence-electron chi connectivity index (χ3n) is 2.36. The van der Waals surface area contributed by atoms with Gasteiger partial charge in [-0.05, 0) is 24.3 Å². The Bertz CT molecular complexity index is 333. The van der Waals surface area contributed by atoms with Crippen molar-refractivity contribution < 1.29 is 4.92 Å². The molecule has 0 atom stereocenters. The summed E-state index contributed by atoms with van der Waals surface area (Å²) in [5, 5.41) is 14.5. The summed E-state index contributed by atoms with van der Waals surface area (Å²) in [5.74, 6) is 2.25. The first-order valence-corrected chi connectivity index (χ1v) is 5.69. The summed E-state index contributed by atoms with van der Waals surface area (Å²) in [7, 11) is 0. The molecular formula is C8H11N3O2S. The van der Waals surface area contributed by atoms with Crippen molar-refractivity contribution >= 4 is 17.4 Å². The van der Waals surface area contributed by atoms with E-state index in [0.29, 0.717) is 6.04 Å². The maximum Gasteiger partial charge on any atom is 0.307 e. The van der Waals surface area contributed by atoms with Crippen LogP contribution in [0, 0.1) is 10.1 Å². The molecule has 14 heavy (non-hydrogen) atoms. The van der Waals surface area contributed by atoms with E-state index in [2.05, 4.69) is 5.10 Å². The Morgan fingerprint density at radius 1 is 1.57 bits per heavy atom. The quantitative estimate of drug-likeness (QED) is 0.555. The molecule has 2 rings (SSSR count). The van der Waals surface area contributed by atoms with Crippen LogP contribution in [0.2, 0.25) is 0 Å². The van der Waals surface area contributed by atoms with Crippen LogP contribution in [-0.4, -0.2) is 26.2 Å². The smallest absolute Gasteiger partial charge is 0.262 e. The lowest BCUT2D eigenvalue weighted by molar-refractivity contribution is -0.385. The van der Waals surface area contributed by atoms with Gasteiger partial charge in [0.05, 0.1) is 11.0 Å². The van der Waals surface area contributed by atoms with E-state index < -0.39 is 4.92 Å². The van der Waals surface area contributed by atoms with E-state index >= 15 is 0 Å². The SMILES string of the molecule is O=[N+]([O-])c1cnn(C2CCSCC2)c1. The van der Waals surface area contributed by atoms with Crippen molar-refractivity contribution in [2.75, 3.05) is 11.5 Å². The lowest BCUT2D eigenvalue weighted by atomic mass is 10.2. The zero-order chi connectivity index (χ0) is 9.97. The van der Waals surface area contributed by atoms with Gasteiger partial charge in [0, 0.05) is 0 Å². The summed E-state index contributed by atoms with van der Waals surface area (Å²) >= 11 is 1.93. The average molecular weight is 213 g/mol. The largest absolute Gasteiger partial charge is 0.307 e. The molecule has 0 aromatic carbocycles. The van der Waals surface area contributed by atoms with E-state index in [4.69, 9.17) is 0 Å². The fourth-order valence-corrected chi connectivity index (χ4v) is 2.65. The van der Waals surface area contributed by atoms with Gasteiger partial charge < -0.3 is 0 Å². The van der Waals surface area contributed by atoms with Gasteiger partial charge in [0.2, 0.25) is 0 Å². The normalized spacial score (nSPS) is 18.3. The first-order chi connectivity index (χ1) is 6.77. The zero-order valence-corrected chi connectivity index (χ0v) is 8.44. The highest BCUT2D eigenvalue weighted by Crippen LogP contribution is 2.27. The van der Waals surface area contributed by atoms with Crippen molar-refractivity contribution in [1.29, 1.82) is 0 Å². The Hall–Kier alpha value is -1.04. The minimum Gasteiger partial charge on any atom is -0.262 e. The highest BCUT2D eigenvalue weighted by molar-refractivity contribution is 7.99. The molecule has 1 aromatic heterocycles. The number of thioether (sulfide) groups is 1. The van der Waals surface area contributed by atoms with Gasteiger partial charge in [-0.15, -0.1) is 0 Å². The molecule has 6 heteroatoms. The maximum atomic E-state index is 10.4. The van der Waals surface area contributed by atoms with Crippen LogP contribution in [0.1, 0.15) is 18.9 Å². The molecule has 0 spiro atoms. The highest BCUT2D eigenvalue weighted by Gasteiger charge is 2.18. The van der Waals surface area contributed by atoms with Crippen molar-refractivity contribution in [3.63, 3.8) is 0 Å². The van der Waals surface area contributed by atoms with E-state index in [0.717, 1.165) is 24.3 Å². The minimum absolute atomic E-state index is 0.0863. The zero-order valence-electron chi connectivity index (χ0n) is 7.63. The third kappa shape index (κ3) is 1.89. The van der Waals surface area contributed by atoms with E-state index in [9.17, 15) is 10.1 Å². The van der Waals surface area contributed by atoms with Gasteiger partial charge >= 0.3 is 5.69 Å². The molecule has 1 aromatic rings. The third-order valence-corrected chi connectivity index (χ3v) is 3.41. The second kappa shape index (κ2) is 4.00. The highest BCUT2D eigenvalue weighted by atomic mass is 32.2. The van der Waals surface area contributed by atoms with Gasteiger partial charge in [0.15, 0.2) is 0 Å². The predicted molar refractivity (Wildman–Crippen MR) is 54.5 cm³/mol. The fourth-order valence-electron chi connectivity index (χ4n) is 1.57. The summed E-state index contributed by atoms with van der Waals surface area (Å²) < 4.78 is 1.73. The number of nitrogens with zero attached hydrogens (tertiary/aromatic N) is 3. The molecule has 0 aliphatic carbocycles. The van der Waals surface area contributed by atoms with E-state index in [1.54, 1.807) is 4.68 Å². The van der Waals surface area contributed by atoms with Crippen molar-refractivity contribution in [3.8, 4) is 0 Å². The summed E-state index contributed by atoms with van der Waals surface area (Å²) in [5.41, 5.74) is 0.0863. The molecular weight excluding hydrogens is 202 g/mol. The second-order valence-electron chi connectivity index (χ2n) is 3.28. The molecule has 0 unspecified atom stereocenters. The van der Waals surface area contributed by atoms with Crippen LogP contribution in [0.15, 0.2) is 12.4 Å². The van der Waals surface area contributed by atoms with E-state index in [-0.39, 0.29) is 5.69 Å². The number of hydrogen-bond donors (Lipinski definition) is 0. The average Bonchev–Trinajstić information content (AvgIpc) is 2.68. The molecule has 0 saturated carbocycles. The lowest BCUT2D eigenvalue weighted by Crippen LogP contribution is -2.15. The minimum atomic E-state index is -0.402. The van der Waals surface area contributed by atoms with Gasteiger partial charge in [0.25, 0.3) is 0 Å². The molecule has 76 valence electrons. The van der Waals surface area contributed by atoms with Crippen LogP contribution in [0.25, 0.3) is 0 Å². The molecule has 0 N–H and O–H groups in total. The Morgan fingerprint density at radius 3 is 2.86 bits per heavy atom. The number of nitro groups is 1. The molecule has 5 nitrogen and oxygen atoms in total. The van der Waals surface area contributed by atoms with Crippen molar-refractivity contribution in [2.24, 2.45) is 0 Å². The molecule has 0 amide bonds. The molecule has 2 heterocycles.